The van der Waals surface area contributed by atoms with Gasteiger partial charge in [-0.1, -0.05) is 18.5 Å². The summed E-state index contributed by atoms with van der Waals surface area (Å²) in [6, 6.07) is 3.71. The summed E-state index contributed by atoms with van der Waals surface area (Å²) in [5.41, 5.74) is 0. The third-order valence-corrected chi connectivity index (χ3v) is 3.66. The molecule has 1 N–H and O–H groups in total. The summed E-state index contributed by atoms with van der Waals surface area (Å²) >= 11 is 6.03. The Labute approximate surface area is 108 Å². The fourth-order valence-electron chi connectivity index (χ4n) is 2.13. The Morgan fingerprint density at radius 2 is 2.24 bits per heavy atom. The monoisotopic (exact) mass is 253 g/mol. The Kier molecular flexibility index (Phi) is 4.63. The Bertz CT molecular complexity index is 348. The number of nitrogens with zero attached hydrogens (tertiary/aromatic N) is 2. The molecular formula is C13H20ClN3. The van der Waals surface area contributed by atoms with Gasteiger partial charge >= 0.3 is 0 Å². The van der Waals surface area contributed by atoms with E-state index in [4.69, 9.17) is 11.6 Å². The zero-order chi connectivity index (χ0) is 12.1. The lowest BCUT2D eigenvalue weighted by Gasteiger charge is -2.30. The van der Waals surface area contributed by atoms with Crippen LogP contribution in [0.15, 0.2) is 18.3 Å². The molecule has 0 bridgehead atoms. The average molecular weight is 254 g/mol. The predicted octanol–water partition coefficient (Wildman–Crippen LogP) is 2.88. The molecule has 0 saturated carbocycles. The van der Waals surface area contributed by atoms with Crippen LogP contribution in [0, 0.1) is 5.92 Å². The van der Waals surface area contributed by atoms with Crippen LogP contribution in [0.2, 0.25) is 5.02 Å². The molecule has 0 radical (unpaired) electrons. The van der Waals surface area contributed by atoms with Crippen LogP contribution in [-0.2, 0) is 0 Å². The number of rotatable bonds is 4. The van der Waals surface area contributed by atoms with E-state index in [0.717, 1.165) is 24.8 Å². The number of piperidine rings is 1. The van der Waals surface area contributed by atoms with Gasteiger partial charge in [-0.3, -0.25) is 0 Å². The molecule has 3 nitrogen and oxygen atoms in total. The van der Waals surface area contributed by atoms with Crippen molar-refractivity contribution in [1.82, 2.24) is 9.88 Å². The second-order valence-electron chi connectivity index (χ2n) is 4.78. The number of anilines is 1. The maximum atomic E-state index is 6.03. The molecule has 17 heavy (non-hydrogen) atoms. The van der Waals surface area contributed by atoms with E-state index in [9.17, 15) is 0 Å². The molecule has 1 aliphatic heterocycles. The Balaban J connectivity index is 1.71. The quantitative estimate of drug-likeness (QED) is 0.895. The Hall–Kier alpha value is -0.800. The van der Waals surface area contributed by atoms with E-state index in [1.165, 1.54) is 25.9 Å². The van der Waals surface area contributed by atoms with Crippen LogP contribution >= 0.6 is 11.6 Å². The Morgan fingerprint density at radius 3 is 2.94 bits per heavy atom. The fourth-order valence-corrected chi connectivity index (χ4v) is 2.32. The van der Waals surface area contributed by atoms with Crippen molar-refractivity contribution in [2.24, 2.45) is 5.92 Å². The number of nitrogens with one attached hydrogen (secondary N) is 1. The average Bonchev–Trinajstić information content (AvgIpc) is 2.34. The van der Waals surface area contributed by atoms with Gasteiger partial charge in [0.1, 0.15) is 5.82 Å². The van der Waals surface area contributed by atoms with Crippen molar-refractivity contribution in [3.8, 4) is 0 Å². The van der Waals surface area contributed by atoms with E-state index in [1.54, 1.807) is 6.20 Å². The summed E-state index contributed by atoms with van der Waals surface area (Å²) in [6.45, 7) is 6.76. The standard InChI is InChI=1S/C13H20ClN3/c1-11-4-8-17(9-5-11)10-7-16-13-12(14)3-2-6-15-13/h2-3,6,11H,4-5,7-10H2,1H3,(H,15,16). The van der Waals surface area contributed by atoms with Gasteiger partial charge < -0.3 is 10.2 Å². The minimum absolute atomic E-state index is 0.694. The van der Waals surface area contributed by atoms with Crippen molar-refractivity contribution < 1.29 is 0 Å². The highest BCUT2D eigenvalue weighted by Crippen LogP contribution is 2.18. The summed E-state index contributed by atoms with van der Waals surface area (Å²) in [4.78, 5) is 6.72. The lowest BCUT2D eigenvalue weighted by molar-refractivity contribution is 0.199. The van der Waals surface area contributed by atoms with Crippen molar-refractivity contribution >= 4 is 17.4 Å². The minimum Gasteiger partial charge on any atom is -0.368 e. The molecule has 4 heteroatoms. The van der Waals surface area contributed by atoms with Crippen molar-refractivity contribution in [3.63, 3.8) is 0 Å². The molecule has 2 rings (SSSR count). The maximum Gasteiger partial charge on any atom is 0.144 e. The first-order chi connectivity index (χ1) is 8.25. The number of hydrogen-bond acceptors (Lipinski definition) is 3. The van der Waals surface area contributed by atoms with E-state index in [0.29, 0.717) is 5.02 Å². The summed E-state index contributed by atoms with van der Waals surface area (Å²) < 4.78 is 0. The fraction of sp³-hybridized carbons (Fsp3) is 0.615. The predicted molar refractivity (Wildman–Crippen MR) is 72.6 cm³/mol. The van der Waals surface area contributed by atoms with Gasteiger partial charge in [-0.15, -0.1) is 0 Å². The molecule has 0 aromatic carbocycles. The molecule has 0 aliphatic carbocycles. The van der Waals surface area contributed by atoms with E-state index >= 15 is 0 Å². The largest absolute Gasteiger partial charge is 0.368 e. The first kappa shape index (κ1) is 12.7. The molecule has 1 aromatic heterocycles. The van der Waals surface area contributed by atoms with Gasteiger partial charge in [0.05, 0.1) is 5.02 Å². The lowest BCUT2D eigenvalue weighted by Crippen LogP contribution is -2.36. The topological polar surface area (TPSA) is 28.2 Å². The molecule has 0 amide bonds. The molecule has 0 spiro atoms. The van der Waals surface area contributed by atoms with Crippen LogP contribution in [0.25, 0.3) is 0 Å². The van der Waals surface area contributed by atoms with Crippen molar-refractivity contribution in [2.75, 3.05) is 31.5 Å². The highest BCUT2D eigenvalue weighted by atomic mass is 35.5. The van der Waals surface area contributed by atoms with E-state index in [1.807, 2.05) is 12.1 Å². The van der Waals surface area contributed by atoms with Crippen molar-refractivity contribution in [1.29, 1.82) is 0 Å². The van der Waals surface area contributed by atoms with E-state index in [-0.39, 0.29) is 0 Å². The lowest BCUT2D eigenvalue weighted by atomic mass is 9.99. The maximum absolute atomic E-state index is 6.03. The molecule has 0 atom stereocenters. The van der Waals surface area contributed by atoms with Crippen molar-refractivity contribution in [2.45, 2.75) is 19.8 Å². The summed E-state index contributed by atoms with van der Waals surface area (Å²) in [5, 5.41) is 3.98. The normalized spacial score (nSPS) is 18.2. The van der Waals surface area contributed by atoms with Crippen LogP contribution in [-0.4, -0.2) is 36.1 Å². The van der Waals surface area contributed by atoms with Gasteiger partial charge in [0.15, 0.2) is 0 Å². The Morgan fingerprint density at radius 1 is 1.47 bits per heavy atom. The van der Waals surface area contributed by atoms with Gasteiger partial charge in [0, 0.05) is 19.3 Å². The van der Waals surface area contributed by atoms with E-state index < -0.39 is 0 Å². The zero-order valence-corrected chi connectivity index (χ0v) is 11.1. The summed E-state index contributed by atoms with van der Waals surface area (Å²) in [7, 11) is 0. The molecule has 1 fully saturated rings. The highest BCUT2D eigenvalue weighted by molar-refractivity contribution is 6.32. The first-order valence-corrected chi connectivity index (χ1v) is 6.70. The van der Waals surface area contributed by atoms with Gasteiger partial charge in [0.2, 0.25) is 0 Å². The molecular weight excluding hydrogens is 234 g/mol. The van der Waals surface area contributed by atoms with Gasteiger partial charge in [-0.05, 0) is 44.0 Å². The van der Waals surface area contributed by atoms with Gasteiger partial charge in [-0.25, -0.2) is 4.98 Å². The van der Waals surface area contributed by atoms with Crippen LogP contribution in [0.4, 0.5) is 5.82 Å². The summed E-state index contributed by atoms with van der Waals surface area (Å²) in [6.07, 6.45) is 4.41. The molecule has 0 unspecified atom stereocenters. The van der Waals surface area contributed by atoms with Gasteiger partial charge in [-0.2, -0.15) is 0 Å². The third-order valence-electron chi connectivity index (χ3n) is 3.36. The second-order valence-corrected chi connectivity index (χ2v) is 5.19. The van der Waals surface area contributed by atoms with Crippen LogP contribution < -0.4 is 5.32 Å². The molecule has 94 valence electrons. The van der Waals surface area contributed by atoms with Crippen LogP contribution in [0.1, 0.15) is 19.8 Å². The number of likely N-dealkylation sites (tertiary alicyclic amines) is 1. The number of hydrogen-bond donors (Lipinski definition) is 1. The SMILES string of the molecule is CC1CCN(CCNc2ncccc2Cl)CC1. The van der Waals surface area contributed by atoms with Crippen LogP contribution in [0.3, 0.4) is 0 Å². The molecule has 2 heterocycles. The van der Waals surface area contributed by atoms with Crippen LogP contribution in [0.5, 0.6) is 0 Å². The van der Waals surface area contributed by atoms with E-state index in [2.05, 4.69) is 22.1 Å². The minimum atomic E-state index is 0.694. The first-order valence-electron chi connectivity index (χ1n) is 6.32. The van der Waals surface area contributed by atoms with Gasteiger partial charge in [0.25, 0.3) is 0 Å². The number of pyridine rings is 1. The second kappa shape index (κ2) is 6.22. The smallest absolute Gasteiger partial charge is 0.144 e. The molecule has 1 saturated heterocycles. The number of aromatic nitrogens is 1. The summed E-state index contributed by atoms with van der Waals surface area (Å²) in [5.74, 6) is 1.68. The number of halogens is 1. The highest BCUT2D eigenvalue weighted by Gasteiger charge is 2.14. The zero-order valence-electron chi connectivity index (χ0n) is 10.3. The molecule has 1 aliphatic rings. The third kappa shape index (κ3) is 3.86. The van der Waals surface area contributed by atoms with Crippen molar-refractivity contribution in [3.05, 3.63) is 23.4 Å². The molecule has 1 aromatic rings.